The van der Waals surface area contributed by atoms with E-state index in [0.29, 0.717) is 30.8 Å². The second-order valence-electron chi connectivity index (χ2n) is 6.14. The maximum absolute atomic E-state index is 13.7. The zero-order chi connectivity index (χ0) is 17.8. The molecule has 1 aliphatic heterocycles. The summed E-state index contributed by atoms with van der Waals surface area (Å²) in [5.74, 6) is 0.110. The summed E-state index contributed by atoms with van der Waals surface area (Å²) in [6.45, 7) is 5.37. The molecule has 0 bridgehead atoms. The van der Waals surface area contributed by atoms with Gasteiger partial charge in [-0.05, 0) is 25.5 Å². The van der Waals surface area contributed by atoms with Gasteiger partial charge in [-0.25, -0.2) is 4.39 Å². The molecule has 3 rings (SSSR count). The van der Waals surface area contributed by atoms with Gasteiger partial charge in [0.15, 0.2) is 0 Å². The maximum Gasteiger partial charge on any atom is 0.249 e. The van der Waals surface area contributed by atoms with Crippen molar-refractivity contribution >= 4 is 18.3 Å². The first kappa shape index (κ1) is 20.3. The van der Waals surface area contributed by atoms with Crippen LogP contribution in [0.4, 0.5) is 4.39 Å². The minimum absolute atomic E-state index is 0. The summed E-state index contributed by atoms with van der Waals surface area (Å²) in [4.78, 5) is 16.4. The fourth-order valence-electron chi connectivity index (χ4n) is 2.60. The number of hydrogen-bond donors (Lipinski definition) is 2. The molecule has 1 aliphatic rings. The number of aromatic nitrogens is 2. The summed E-state index contributed by atoms with van der Waals surface area (Å²) >= 11 is 0. The summed E-state index contributed by atoms with van der Waals surface area (Å²) < 4.78 is 24.2. The van der Waals surface area contributed by atoms with Crippen LogP contribution in [-0.4, -0.2) is 41.8 Å². The van der Waals surface area contributed by atoms with Gasteiger partial charge < -0.3 is 19.9 Å². The topological polar surface area (TPSA) is 89.3 Å². The molecule has 7 nitrogen and oxygen atoms in total. The van der Waals surface area contributed by atoms with Gasteiger partial charge in [-0.2, -0.15) is 4.98 Å². The van der Waals surface area contributed by atoms with E-state index < -0.39 is 6.04 Å². The molecule has 1 saturated heterocycles. The molecule has 2 N–H and O–H groups in total. The largest absolute Gasteiger partial charge is 0.378 e. The van der Waals surface area contributed by atoms with Gasteiger partial charge in [0, 0.05) is 24.6 Å². The SMILES string of the molecule is Cc1ccc(-c2noc(C(C)NC(=O)CC3COCCN3)n2)cc1F.Cl. The van der Waals surface area contributed by atoms with Crippen LogP contribution < -0.4 is 10.6 Å². The standard InChI is InChI=1S/C17H21FN4O3.ClH/c1-10-3-4-12(7-14(10)18)16-21-17(25-22-16)11(2)20-15(23)8-13-9-24-6-5-19-13;/h3-4,7,11,13,19H,5-6,8-9H2,1-2H3,(H,20,23);1H. The van der Waals surface area contributed by atoms with E-state index in [9.17, 15) is 9.18 Å². The molecule has 0 spiro atoms. The number of ether oxygens (including phenoxy) is 1. The average Bonchev–Trinajstić information content (AvgIpc) is 3.08. The number of carbonyl (C=O) groups is 1. The van der Waals surface area contributed by atoms with E-state index in [2.05, 4.69) is 20.8 Å². The molecule has 9 heteroatoms. The summed E-state index contributed by atoms with van der Waals surface area (Å²) in [6, 6.07) is 4.32. The first-order valence-corrected chi connectivity index (χ1v) is 8.23. The Morgan fingerprint density at radius 3 is 3.00 bits per heavy atom. The zero-order valence-corrected chi connectivity index (χ0v) is 15.4. The average molecular weight is 385 g/mol. The molecule has 0 radical (unpaired) electrons. The quantitative estimate of drug-likeness (QED) is 0.821. The Morgan fingerprint density at radius 2 is 2.31 bits per heavy atom. The smallest absolute Gasteiger partial charge is 0.249 e. The van der Waals surface area contributed by atoms with Crippen LogP contribution in [-0.2, 0) is 9.53 Å². The lowest BCUT2D eigenvalue weighted by Crippen LogP contribution is -2.44. The molecule has 26 heavy (non-hydrogen) atoms. The molecular weight excluding hydrogens is 363 g/mol. The summed E-state index contributed by atoms with van der Waals surface area (Å²) in [6.07, 6.45) is 0.314. The van der Waals surface area contributed by atoms with Crippen molar-refractivity contribution in [2.45, 2.75) is 32.4 Å². The van der Waals surface area contributed by atoms with Crippen LogP contribution in [0.2, 0.25) is 0 Å². The van der Waals surface area contributed by atoms with Crippen LogP contribution in [0.3, 0.4) is 0 Å². The summed E-state index contributed by atoms with van der Waals surface area (Å²) in [5, 5.41) is 9.91. The van der Waals surface area contributed by atoms with Gasteiger partial charge in [0.25, 0.3) is 0 Å². The highest BCUT2D eigenvalue weighted by Gasteiger charge is 2.21. The summed E-state index contributed by atoms with van der Waals surface area (Å²) in [7, 11) is 0. The van der Waals surface area contributed by atoms with E-state index >= 15 is 0 Å². The summed E-state index contributed by atoms with van der Waals surface area (Å²) in [5.41, 5.74) is 1.08. The number of benzene rings is 1. The lowest BCUT2D eigenvalue weighted by atomic mass is 10.1. The fourth-order valence-corrected chi connectivity index (χ4v) is 2.60. The van der Waals surface area contributed by atoms with E-state index in [1.54, 1.807) is 26.0 Å². The molecular formula is C17H22ClFN4O3. The first-order chi connectivity index (χ1) is 12.0. The van der Waals surface area contributed by atoms with Gasteiger partial charge in [0.05, 0.1) is 13.2 Å². The maximum atomic E-state index is 13.7. The van der Waals surface area contributed by atoms with Crippen molar-refractivity contribution in [2.75, 3.05) is 19.8 Å². The second-order valence-corrected chi connectivity index (χ2v) is 6.14. The van der Waals surface area contributed by atoms with Crippen molar-refractivity contribution < 1.29 is 18.4 Å². The third-order valence-corrected chi connectivity index (χ3v) is 4.05. The van der Waals surface area contributed by atoms with E-state index in [4.69, 9.17) is 9.26 Å². The molecule has 2 aromatic rings. The fraction of sp³-hybridized carbons (Fsp3) is 0.471. The number of hydrogen-bond acceptors (Lipinski definition) is 6. The van der Waals surface area contributed by atoms with E-state index in [0.717, 1.165) is 6.54 Å². The van der Waals surface area contributed by atoms with Gasteiger partial charge in [-0.15, -0.1) is 12.4 Å². The molecule has 2 unspecified atom stereocenters. The Kier molecular flexibility index (Phi) is 7.07. The zero-order valence-electron chi connectivity index (χ0n) is 14.6. The molecule has 0 aliphatic carbocycles. The van der Waals surface area contributed by atoms with E-state index in [-0.39, 0.29) is 41.9 Å². The van der Waals surface area contributed by atoms with Crippen LogP contribution in [0, 0.1) is 12.7 Å². The van der Waals surface area contributed by atoms with Gasteiger partial charge >= 0.3 is 0 Å². The van der Waals surface area contributed by atoms with Crippen LogP contribution in [0.25, 0.3) is 11.4 Å². The van der Waals surface area contributed by atoms with Crippen molar-refractivity contribution in [3.63, 3.8) is 0 Å². The van der Waals surface area contributed by atoms with E-state index in [1.807, 2.05) is 0 Å². The van der Waals surface area contributed by atoms with Gasteiger partial charge in [0.1, 0.15) is 11.9 Å². The monoisotopic (exact) mass is 384 g/mol. The van der Waals surface area contributed by atoms with Crippen molar-refractivity contribution in [3.05, 3.63) is 35.5 Å². The first-order valence-electron chi connectivity index (χ1n) is 8.23. The van der Waals surface area contributed by atoms with Crippen LogP contribution >= 0.6 is 12.4 Å². The molecule has 142 valence electrons. The van der Waals surface area contributed by atoms with Gasteiger partial charge in [-0.3, -0.25) is 4.79 Å². The Labute approximate surface area is 157 Å². The van der Waals surface area contributed by atoms with Crippen LogP contribution in [0.15, 0.2) is 22.7 Å². The minimum Gasteiger partial charge on any atom is -0.378 e. The van der Waals surface area contributed by atoms with Gasteiger partial charge in [0.2, 0.25) is 17.6 Å². The number of amides is 1. The highest BCUT2D eigenvalue weighted by Crippen LogP contribution is 2.21. The van der Waals surface area contributed by atoms with E-state index in [1.165, 1.54) is 6.07 Å². The van der Waals surface area contributed by atoms with Crippen molar-refractivity contribution in [2.24, 2.45) is 0 Å². The lowest BCUT2D eigenvalue weighted by Gasteiger charge is -2.23. The normalized spacial score (nSPS) is 18.0. The number of nitrogens with zero attached hydrogens (tertiary/aromatic N) is 2. The Morgan fingerprint density at radius 1 is 1.50 bits per heavy atom. The Bertz CT molecular complexity index is 749. The number of aryl methyl sites for hydroxylation is 1. The molecule has 2 atom stereocenters. The molecule has 1 aromatic heterocycles. The van der Waals surface area contributed by atoms with Gasteiger partial charge in [-0.1, -0.05) is 17.3 Å². The number of carbonyl (C=O) groups excluding carboxylic acids is 1. The number of nitrogens with one attached hydrogen (secondary N) is 2. The highest BCUT2D eigenvalue weighted by atomic mass is 35.5. The highest BCUT2D eigenvalue weighted by molar-refractivity contribution is 5.85. The Balaban J connectivity index is 0.00000243. The predicted octanol–water partition coefficient (Wildman–Crippen LogP) is 2.16. The van der Waals surface area contributed by atoms with Crippen LogP contribution in [0.5, 0.6) is 0 Å². The third-order valence-electron chi connectivity index (χ3n) is 4.05. The predicted molar refractivity (Wildman–Crippen MR) is 95.5 cm³/mol. The second kappa shape index (κ2) is 9.07. The van der Waals surface area contributed by atoms with Crippen molar-refractivity contribution in [1.29, 1.82) is 0 Å². The Hall–Kier alpha value is -2.03. The third kappa shape index (κ3) is 5.00. The molecule has 2 heterocycles. The lowest BCUT2D eigenvalue weighted by molar-refractivity contribution is -0.123. The minimum atomic E-state index is -0.437. The van der Waals surface area contributed by atoms with Crippen molar-refractivity contribution in [1.82, 2.24) is 20.8 Å². The molecule has 1 aromatic carbocycles. The molecule has 1 amide bonds. The number of morpholine rings is 1. The molecule has 1 fully saturated rings. The number of rotatable bonds is 5. The van der Waals surface area contributed by atoms with Crippen LogP contribution in [0.1, 0.15) is 30.8 Å². The molecule has 0 saturated carbocycles. The van der Waals surface area contributed by atoms with Crippen molar-refractivity contribution in [3.8, 4) is 11.4 Å². The number of halogens is 2.